The maximum absolute atomic E-state index is 12.0. The van der Waals surface area contributed by atoms with Gasteiger partial charge in [0, 0.05) is 32.0 Å². The Bertz CT molecular complexity index is 521. The van der Waals surface area contributed by atoms with Crippen LogP contribution in [0.4, 0.5) is 11.4 Å². The van der Waals surface area contributed by atoms with E-state index < -0.39 is 11.2 Å². The van der Waals surface area contributed by atoms with Gasteiger partial charge >= 0.3 is 0 Å². The van der Waals surface area contributed by atoms with Crippen LogP contribution in [-0.4, -0.2) is 30.0 Å². The quantitative estimate of drug-likeness (QED) is 0.476. The highest BCUT2D eigenvalue weighted by Crippen LogP contribution is 2.37. The van der Waals surface area contributed by atoms with Gasteiger partial charge in [0.25, 0.3) is 0 Å². The number of ketones is 1. The number of carbonyl (C=O) groups is 1. The summed E-state index contributed by atoms with van der Waals surface area (Å²) in [6.45, 7) is 0. The summed E-state index contributed by atoms with van der Waals surface area (Å²) in [6.07, 6.45) is 2.17. The summed E-state index contributed by atoms with van der Waals surface area (Å²) in [5.74, 6) is 0.700. The van der Waals surface area contributed by atoms with Crippen LogP contribution in [0.5, 0.6) is 0 Å². The lowest BCUT2D eigenvalue weighted by Crippen LogP contribution is -2.25. The van der Waals surface area contributed by atoms with Crippen LogP contribution in [0.3, 0.4) is 0 Å². The van der Waals surface area contributed by atoms with Gasteiger partial charge in [0.1, 0.15) is 0 Å². The Morgan fingerprint density at radius 2 is 1.89 bits per heavy atom. The molecule has 0 saturated heterocycles. The molecule has 1 unspecified atom stereocenters. The van der Waals surface area contributed by atoms with Gasteiger partial charge < -0.3 is 0 Å². The summed E-state index contributed by atoms with van der Waals surface area (Å²) in [4.78, 5) is 12.0. The van der Waals surface area contributed by atoms with Gasteiger partial charge in [-0.1, -0.05) is 0 Å². The second kappa shape index (κ2) is 5.92. The van der Waals surface area contributed by atoms with Gasteiger partial charge in [0.05, 0.1) is 11.4 Å². The SMILES string of the molecule is CN1c2ccc(C(=O)CCCCCl)cc2N(C)S1=O. The first-order valence-corrected chi connectivity index (χ1v) is 7.78. The van der Waals surface area contributed by atoms with Crippen LogP contribution in [0.2, 0.25) is 0 Å². The predicted molar refractivity (Wildman–Crippen MR) is 80.3 cm³/mol. The summed E-state index contributed by atoms with van der Waals surface area (Å²) >= 11 is 4.40. The molecule has 0 radical (unpaired) electrons. The number of halogens is 1. The van der Waals surface area contributed by atoms with Crippen LogP contribution in [0.15, 0.2) is 18.2 Å². The summed E-state index contributed by atoms with van der Waals surface area (Å²) in [6, 6.07) is 5.47. The number of hydrogen-bond acceptors (Lipinski definition) is 2. The minimum Gasteiger partial charge on any atom is -0.294 e. The van der Waals surface area contributed by atoms with Crippen LogP contribution in [-0.2, 0) is 11.2 Å². The van der Waals surface area contributed by atoms with Crippen molar-refractivity contribution in [2.45, 2.75) is 19.3 Å². The van der Waals surface area contributed by atoms with Crippen LogP contribution in [0, 0.1) is 0 Å². The highest BCUT2D eigenvalue weighted by atomic mass is 35.5. The van der Waals surface area contributed by atoms with E-state index in [0.717, 1.165) is 24.2 Å². The Kier molecular flexibility index (Phi) is 4.47. The molecule has 1 atom stereocenters. The van der Waals surface area contributed by atoms with Crippen LogP contribution < -0.4 is 8.61 Å². The van der Waals surface area contributed by atoms with Crippen molar-refractivity contribution in [2.75, 3.05) is 28.6 Å². The van der Waals surface area contributed by atoms with E-state index in [9.17, 15) is 9.00 Å². The third kappa shape index (κ3) is 2.77. The minimum atomic E-state index is -1.20. The molecule has 6 heteroatoms. The summed E-state index contributed by atoms with van der Waals surface area (Å²) in [7, 11) is 3.54. The Balaban J connectivity index is 2.18. The zero-order valence-corrected chi connectivity index (χ0v) is 12.6. The molecule has 0 N–H and O–H groups in total. The highest BCUT2D eigenvalue weighted by Gasteiger charge is 2.28. The first-order chi connectivity index (χ1) is 9.06. The zero-order chi connectivity index (χ0) is 14.0. The molecular formula is C13H17ClN2O2S. The Morgan fingerprint density at radius 3 is 2.58 bits per heavy atom. The van der Waals surface area contributed by atoms with Gasteiger partial charge in [-0.05, 0) is 31.0 Å². The predicted octanol–water partition coefficient (Wildman–Crippen LogP) is 2.74. The lowest BCUT2D eigenvalue weighted by atomic mass is 10.0. The van der Waals surface area contributed by atoms with E-state index in [-0.39, 0.29) is 5.78 Å². The van der Waals surface area contributed by atoms with Crippen molar-refractivity contribution in [3.63, 3.8) is 0 Å². The van der Waals surface area contributed by atoms with Crippen LogP contribution >= 0.6 is 11.6 Å². The molecule has 4 nitrogen and oxygen atoms in total. The monoisotopic (exact) mass is 300 g/mol. The number of rotatable bonds is 5. The van der Waals surface area contributed by atoms with Crippen molar-refractivity contribution in [3.05, 3.63) is 23.8 Å². The molecule has 0 aliphatic carbocycles. The van der Waals surface area contributed by atoms with Crippen LogP contribution in [0.25, 0.3) is 0 Å². The van der Waals surface area contributed by atoms with E-state index in [0.29, 0.717) is 17.9 Å². The lowest BCUT2D eigenvalue weighted by Gasteiger charge is -2.10. The topological polar surface area (TPSA) is 40.6 Å². The van der Waals surface area contributed by atoms with Gasteiger partial charge in [-0.15, -0.1) is 11.6 Å². The van der Waals surface area contributed by atoms with Crippen molar-refractivity contribution in [2.24, 2.45) is 0 Å². The van der Waals surface area contributed by atoms with Gasteiger partial charge in [0.2, 0.25) is 11.2 Å². The number of anilines is 2. The van der Waals surface area contributed by atoms with Gasteiger partial charge in [-0.3, -0.25) is 13.4 Å². The van der Waals surface area contributed by atoms with Crippen LogP contribution in [0.1, 0.15) is 29.6 Å². The van der Waals surface area contributed by atoms with Crippen molar-refractivity contribution in [3.8, 4) is 0 Å². The molecule has 0 aromatic heterocycles. The van der Waals surface area contributed by atoms with E-state index >= 15 is 0 Å². The normalized spacial score (nSPS) is 17.7. The van der Waals surface area contributed by atoms with Gasteiger partial charge in [-0.25, -0.2) is 4.21 Å². The average molecular weight is 301 g/mol. The second-order valence-corrected chi connectivity index (χ2v) is 6.43. The maximum atomic E-state index is 12.0. The third-order valence-electron chi connectivity index (χ3n) is 3.23. The molecule has 1 aliphatic rings. The van der Waals surface area contributed by atoms with E-state index in [4.69, 9.17) is 11.6 Å². The number of Topliss-reactive ketones (excluding diaryl/α,β-unsaturated/α-hetero) is 1. The van der Waals surface area contributed by atoms with E-state index in [2.05, 4.69) is 0 Å². The van der Waals surface area contributed by atoms with Crippen molar-refractivity contribution in [1.82, 2.24) is 0 Å². The van der Waals surface area contributed by atoms with E-state index in [1.807, 2.05) is 12.1 Å². The standard InChI is InChI=1S/C13H17ClN2O2S/c1-15-11-7-6-10(13(17)5-3-4-8-14)9-12(11)16(2)19(15)18/h6-7,9H,3-5,8H2,1-2H3. The lowest BCUT2D eigenvalue weighted by molar-refractivity contribution is 0.0980. The number of unbranched alkanes of at least 4 members (excludes halogenated alkanes) is 1. The largest absolute Gasteiger partial charge is 0.294 e. The summed E-state index contributed by atoms with van der Waals surface area (Å²) in [5, 5.41) is 0. The molecule has 0 saturated carbocycles. The molecule has 0 spiro atoms. The summed E-state index contributed by atoms with van der Waals surface area (Å²) < 4.78 is 15.3. The fourth-order valence-corrected chi connectivity index (χ4v) is 3.29. The number of fused-ring (bicyclic) bond motifs is 1. The van der Waals surface area contributed by atoms with Gasteiger partial charge in [-0.2, -0.15) is 0 Å². The molecular weight excluding hydrogens is 284 g/mol. The molecule has 0 bridgehead atoms. The number of carbonyl (C=O) groups excluding carboxylic acids is 1. The van der Waals surface area contributed by atoms with Crippen molar-refractivity contribution >= 4 is 39.9 Å². The number of nitrogens with zero attached hydrogens (tertiary/aromatic N) is 2. The molecule has 104 valence electrons. The number of benzene rings is 1. The first kappa shape index (κ1) is 14.3. The zero-order valence-electron chi connectivity index (χ0n) is 11.1. The minimum absolute atomic E-state index is 0.113. The molecule has 1 aromatic carbocycles. The Morgan fingerprint density at radius 1 is 1.21 bits per heavy atom. The van der Waals surface area contributed by atoms with Crippen molar-refractivity contribution < 1.29 is 9.00 Å². The molecule has 0 amide bonds. The number of alkyl halides is 1. The molecule has 1 heterocycles. The molecule has 0 fully saturated rings. The third-order valence-corrected chi connectivity index (χ3v) is 4.83. The van der Waals surface area contributed by atoms with Crippen molar-refractivity contribution in [1.29, 1.82) is 0 Å². The molecule has 1 aliphatic heterocycles. The second-order valence-electron chi connectivity index (χ2n) is 4.50. The Hall–Kier alpha value is -1.07. The number of hydrogen-bond donors (Lipinski definition) is 0. The molecule has 19 heavy (non-hydrogen) atoms. The average Bonchev–Trinajstić information content (AvgIpc) is 2.64. The van der Waals surface area contributed by atoms with E-state index in [1.54, 1.807) is 28.8 Å². The fourth-order valence-electron chi connectivity index (χ4n) is 2.09. The molecule has 1 aromatic rings. The highest BCUT2D eigenvalue weighted by molar-refractivity contribution is 7.88. The van der Waals surface area contributed by atoms with Gasteiger partial charge in [0.15, 0.2) is 5.78 Å². The fraction of sp³-hybridized carbons (Fsp3) is 0.462. The smallest absolute Gasteiger partial charge is 0.225 e. The Labute approximate surface area is 121 Å². The van der Waals surface area contributed by atoms with E-state index in [1.165, 1.54) is 0 Å². The molecule has 2 rings (SSSR count). The maximum Gasteiger partial charge on any atom is 0.225 e. The summed E-state index contributed by atoms with van der Waals surface area (Å²) in [5.41, 5.74) is 2.40. The first-order valence-electron chi connectivity index (χ1n) is 6.19.